The van der Waals surface area contributed by atoms with E-state index in [1.807, 2.05) is 0 Å². The van der Waals surface area contributed by atoms with Gasteiger partial charge in [0.1, 0.15) is 5.69 Å². The lowest BCUT2D eigenvalue weighted by Gasteiger charge is -2.37. The Morgan fingerprint density at radius 3 is 2.58 bits per heavy atom. The van der Waals surface area contributed by atoms with E-state index in [4.69, 9.17) is 23.2 Å². The van der Waals surface area contributed by atoms with Crippen molar-refractivity contribution >= 4 is 34.8 Å². The maximum atomic E-state index is 13.2. The second kappa shape index (κ2) is 7.62. The van der Waals surface area contributed by atoms with Crippen LogP contribution >= 0.6 is 23.2 Å². The molecule has 4 rings (SSSR count). The maximum Gasteiger partial charge on any atom is 0.433 e. The number of hydrogen-bond donors (Lipinski definition) is 3. The van der Waals surface area contributed by atoms with E-state index in [-0.39, 0.29) is 22.9 Å². The van der Waals surface area contributed by atoms with Crippen LogP contribution in [-0.4, -0.2) is 32.8 Å². The summed E-state index contributed by atoms with van der Waals surface area (Å²) in [5.74, 6) is -3.23. The predicted molar refractivity (Wildman–Crippen MR) is 109 cm³/mol. The largest absolute Gasteiger partial charge is 0.433 e. The minimum absolute atomic E-state index is 0.0357. The third-order valence-corrected chi connectivity index (χ3v) is 7.21. The minimum atomic E-state index is -4.66. The number of alkyl halides is 3. The van der Waals surface area contributed by atoms with Crippen LogP contribution in [0, 0.1) is 17.8 Å². The molecule has 3 N–H and O–H groups in total. The molecule has 1 amide bonds. The van der Waals surface area contributed by atoms with Crippen LogP contribution in [0.15, 0.2) is 36.5 Å². The number of nitrogens with zero attached hydrogens (tertiary/aromatic N) is 1. The molecule has 0 saturated heterocycles. The molecule has 31 heavy (non-hydrogen) atoms. The molecule has 166 valence electrons. The van der Waals surface area contributed by atoms with Crippen molar-refractivity contribution in [2.24, 2.45) is 17.8 Å². The molecule has 0 radical (unpaired) electrons. The third kappa shape index (κ3) is 3.91. The Hall–Kier alpha value is -1.87. The van der Waals surface area contributed by atoms with Gasteiger partial charge in [0.2, 0.25) is 5.91 Å². The van der Waals surface area contributed by atoms with E-state index in [0.717, 1.165) is 12.3 Å². The summed E-state index contributed by atoms with van der Waals surface area (Å²) in [5.41, 5.74) is -1.79. The summed E-state index contributed by atoms with van der Waals surface area (Å²) in [5, 5.41) is 24.8. The van der Waals surface area contributed by atoms with Crippen LogP contribution in [0.4, 0.5) is 18.9 Å². The van der Waals surface area contributed by atoms with E-state index in [1.54, 1.807) is 6.92 Å². The number of fused-ring (bicyclic) bond motifs is 1. The smallest absolute Gasteiger partial charge is 0.392 e. The quantitative estimate of drug-likeness (QED) is 0.611. The van der Waals surface area contributed by atoms with Gasteiger partial charge in [-0.2, -0.15) is 13.2 Å². The van der Waals surface area contributed by atoms with Crippen LogP contribution in [-0.2, 0) is 11.0 Å². The van der Waals surface area contributed by atoms with E-state index in [1.165, 1.54) is 24.3 Å². The van der Waals surface area contributed by atoms with E-state index >= 15 is 0 Å². The highest BCUT2D eigenvalue weighted by Gasteiger charge is 2.70. The first-order valence-electron chi connectivity index (χ1n) is 9.63. The molecular formula is C21H19Cl2F3N2O3. The van der Waals surface area contributed by atoms with Crippen LogP contribution in [0.3, 0.4) is 0 Å². The Morgan fingerprint density at radius 1 is 1.23 bits per heavy atom. The number of amides is 1. The van der Waals surface area contributed by atoms with Gasteiger partial charge in [-0.25, -0.2) is 0 Å². The monoisotopic (exact) mass is 474 g/mol. The van der Waals surface area contributed by atoms with Crippen LogP contribution in [0.5, 0.6) is 0 Å². The van der Waals surface area contributed by atoms with Crippen LogP contribution in [0.2, 0.25) is 10.0 Å². The first kappa shape index (κ1) is 22.3. The van der Waals surface area contributed by atoms with Crippen molar-refractivity contribution in [3.05, 3.63) is 57.8 Å². The van der Waals surface area contributed by atoms with Gasteiger partial charge in [0.25, 0.3) is 0 Å². The lowest BCUT2D eigenvalue weighted by Crippen LogP contribution is -2.45. The summed E-state index contributed by atoms with van der Waals surface area (Å²) in [6.07, 6.45) is -4.92. The lowest BCUT2D eigenvalue weighted by atomic mass is 9.72. The standard InChI is InChI=1S/C21H19Cl2F3N2O3/c1-9-18-16(10-4-5-27-15(6-10)21(24,25)26)17(14(29)8-20(9,18)31)19(30)28-11-2-3-12(22)13(23)7-11/h2-7,9,14,16-18,29,31H,8H2,1H3,(H,28,30)/t9-,14+,16+,17+,18+,20-/m1/s1. The zero-order valence-electron chi connectivity index (χ0n) is 16.2. The third-order valence-electron chi connectivity index (χ3n) is 6.47. The molecule has 2 aliphatic carbocycles. The highest BCUT2D eigenvalue weighted by molar-refractivity contribution is 6.42. The van der Waals surface area contributed by atoms with Crippen molar-refractivity contribution in [1.82, 2.24) is 4.98 Å². The Labute approximate surface area is 186 Å². The summed E-state index contributed by atoms with van der Waals surface area (Å²) >= 11 is 11.9. The molecular weight excluding hydrogens is 456 g/mol. The predicted octanol–water partition coefficient (Wildman–Crippen LogP) is 4.51. The van der Waals surface area contributed by atoms with Gasteiger partial charge in [-0.3, -0.25) is 9.78 Å². The fraction of sp³-hybridized carbons (Fsp3) is 0.429. The molecule has 1 aromatic carbocycles. The summed E-state index contributed by atoms with van der Waals surface area (Å²) in [6, 6.07) is 6.74. The van der Waals surface area contributed by atoms with Crippen LogP contribution in [0.1, 0.15) is 30.5 Å². The molecule has 10 heteroatoms. The number of rotatable bonds is 3. The maximum absolute atomic E-state index is 13.2. The number of anilines is 1. The van der Waals surface area contributed by atoms with Crippen molar-refractivity contribution in [2.75, 3.05) is 5.32 Å². The molecule has 0 bridgehead atoms. The molecule has 2 saturated carbocycles. The Kier molecular flexibility index (Phi) is 5.49. The number of aliphatic hydroxyl groups excluding tert-OH is 1. The average molecular weight is 475 g/mol. The summed E-state index contributed by atoms with van der Waals surface area (Å²) < 4.78 is 39.7. The van der Waals surface area contributed by atoms with Gasteiger partial charge in [0.15, 0.2) is 0 Å². The molecule has 5 nitrogen and oxygen atoms in total. The molecule has 0 spiro atoms. The van der Waals surface area contributed by atoms with Gasteiger partial charge in [-0.05, 0) is 41.8 Å². The number of aliphatic hydroxyl groups is 2. The zero-order valence-corrected chi connectivity index (χ0v) is 17.7. The molecule has 1 heterocycles. The average Bonchev–Trinajstić information content (AvgIpc) is 3.22. The van der Waals surface area contributed by atoms with Gasteiger partial charge in [0, 0.05) is 30.1 Å². The van der Waals surface area contributed by atoms with Gasteiger partial charge in [-0.15, -0.1) is 0 Å². The van der Waals surface area contributed by atoms with Gasteiger partial charge in [0.05, 0.1) is 27.7 Å². The molecule has 0 unspecified atom stereocenters. The van der Waals surface area contributed by atoms with Gasteiger partial charge >= 0.3 is 6.18 Å². The fourth-order valence-corrected chi connectivity index (χ4v) is 5.18. The number of carbonyl (C=O) groups excluding carboxylic acids is 1. The zero-order chi connectivity index (χ0) is 22.7. The molecule has 6 atom stereocenters. The van der Waals surface area contributed by atoms with Crippen molar-refractivity contribution in [3.63, 3.8) is 0 Å². The van der Waals surface area contributed by atoms with E-state index in [9.17, 15) is 28.2 Å². The van der Waals surface area contributed by atoms with Crippen molar-refractivity contribution in [2.45, 2.75) is 37.1 Å². The van der Waals surface area contributed by atoms with E-state index in [0.29, 0.717) is 10.7 Å². The van der Waals surface area contributed by atoms with Crippen molar-refractivity contribution < 1.29 is 28.2 Å². The van der Waals surface area contributed by atoms with Crippen LogP contribution in [0.25, 0.3) is 0 Å². The minimum Gasteiger partial charge on any atom is -0.392 e. The van der Waals surface area contributed by atoms with Crippen molar-refractivity contribution in [3.8, 4) is 0 Å². The van der Waals surface area contributed by atoms with E-state index < -0.39 is 47.2 Å². The highest BCUT2D eigenvalue weighted by atomic mass is 35.5. The Morgan fingerprint density at radius 2 is 1.94 bits per heavy atom. The second-order valence-corrected chi connectivity index (χ2v) is 9.03. The number of halogens is 5. The summed E-state index contributed by atoms with van der Waals surface area (Å²) in [4.78, 5) is 16.5. The first-order valence-corrected chi connectivity index (χ1v) is 10.4. The first-order chi connectivity index (χ1) is 14.4. The Bertz CT molecular complexity index is 1040. The second-order valence-electron chi connectivity index (χ2n) is 8.22. The fourth-order valence-electron chi connectivity index (χ4n) is 4.88. The number of benzene rings is 1. The van der Waals surface area contributed by atoms with E-state index in [2.05, 4.69) is 10.3 Å². The molecule has 2 aromatic rings. The molecule has 0 aliphatic heterocycles. The SMILES string of the molecule is C[C@@H]1[C@H]2[C@@H](c3ccnc(C(F)(F)F)c3)[C@@H](C(=O)Nc3ccc(Cl)c(Cl)c3)[C@@H](O)C[C@]21O. The summed E-state index contributed by atoms with van der Waals surface area (Å²) in [6.45, 7) is 1.76. The van der Waals surface area contributed by atoms with Gasteiger partial charge < -0.3 is 15.5 Å². The number of aromatic nitrogens is 1. The van der Waals surface area contributed by atoms with Gasteiger partial charge in [-0.1, -0.05) is 30.1 Å². The van der Waals surface area contributed by atoms with Crippen molar-refractivity contribution in [1.29, 1.82) is 0 Å². The number of carbonyl (C=O) groups is 1. The normalized spacial score (nSPS) is 32.3. The molecule has 2 aliphatic rings. The number of hydrogen-bond acceptors (Lipinski definition) is 4. The number of pyridine rings is 1. The lowest BCUT2D eigenvalue weighted by molar-refractivity contribution is -0.141. The molecule has 1 aromatic heterocycles. The molecule has 2 fully saturated rings. The van der Waals surface area contributed by atoms with Crippen LogP contribution < -0.4 is 5.32 Å². The number of nitrogens with one attached hydrogen (secondary N) is 1. The topological polar surface area (TPSA) is 82.5 Å². The summed E-state index contributed by atoms with van der Waals surface area (Å²) in [7, 11) is 0. The highest BCUT2D eigenvalue weighted by Crippen LogP contribution is 2.65. The Balaban J connectivity index is 1.71.